The highest BCUT2D eigenvalue weighted by Crippen LogP contribution is 2.19. The van der Waals surface area contributed by atoms with E-state index in [4.69, 9.17) is 17.3 Å². The van der Waals surface area contributed by atoms with Gasteiger partial charge >= 0.3 is 0 Å². The van der Waals surface area contributed by atoms with E-state index >= 15 is 0 Å². The Balaban J connectivity index is 1.99. The van der Waals surface area contributed by atoms with Crippen molar-refractivity contribution in [1.82, 2.24) is 9.88 Å². The molecule has 4 heteroatoms. The maximum Gasteiger partial charge on any atom is 0.129 e. The second kappa shape index (κ2) is 5.62. The zero-order valence-electron chi connectivity index (χ0n) is 9.40. The SMILES string of the molecule is NC[C@H]1CCCCN1Cc1ccc(Cl)nc1. The molecule has 88 valence electrons. The minimum Gasteiger partial charge on any atom is -0.329 e. The molecule has 16 heavy (non-hydrogen) atoms. The average Bonchev–Trinajstić information content (AvgIpc) is 2.33. The molecule has 1 aliphatic rings. The second-order valence-electron chi connectivity index (χ2n) is 4.34. The van der Waals surface area contributed by atoms with Crippen LogP contribution in [-0.4, -0.2) is 29.0 Å². The van der Waals surface area contributed by atoms with Crippen LogP contribution in [0, 0.1) is 0 Å². The van der Waals surface area contributed by atoms with Gasteiger partial charge in [-0.1, -0.05) is 24.1 Å². The number of hydrogen-bond donors (Lipinski definition) is 1. The van der Waals surface area contributed by atoms with E-state index in [9.17, 15) is 0 Å². The maximum absolute atomic E-state index is 5.79. The standard InChI is InChI=1S/C12H18ClN3/c13-12-5-4-10(8-15-12)9-16-6-2-1-3-11(16)7-14/h4-5,8,11H,1-3,6-7,9,14H2/t11-/m1/s1. The second-order valence-corrected chi connectivity index (χ2v) is 4.73. The fourth-order valence-electron chi connectivity index (χ4n) is 2.27. The van der Waals surface area contributed by atoms with Crippen LogP contribution in [0.1, 0.15) is 24.8 Å². The van der Waals surface area contributed by atoms with E-state index in [1.165, 1.54) is 24.8 Å². The zero-order valence-corrected chi connectivity index (χ0v) is 10.2. The predicted octanol–water partition coefficient (Wildman–Crippen LogP) is 2.05. The van der Waals surface area contributed by atoms with Crippen molar-refractivity contribution in [2.75, 3.05) is 13.1 Å². The average molecular weight is 240 g/mol. The number of nitrogens with two attached hydrogens (primary N) is 1. The highest BCUT2D eigenvalue weighted by atomic mass is 35.5. The van der Waals surface area contributed by atoms with Gasteiger partial charge in [0.15, 0.2) is 0 Å². The molecule has 0 saturated carbocycles. The Hall–Kier alpha value is -0.640. The molecule has 0 radical (unpaired) electrons. The van der Waals surface area contributed by atoms with E-state index in [0.717, 1.165) is 19.6 Å². The van der Waals surface area contributed by atoms with Crippen molar-refractivity contribution in [3.8, 4) is 0 Å². The molecule has 1 saturated heterocycles. The van der Waals surface area contributed by atoms with Crippen LogP contribution in [0.3, 0.4) is 0 Å². The molecule has 2 N–H and O–H groups in total. The molecule has 0 amide bonds. The van der Waals surface area contributed by atoms with Crippen LogP contribution in [-0.2, 0) is 6.54 Å². The van der Waals surface area contributed by atoms with Crippen molar-refractivity contribution >= 4 is 11.6 Å². The number of halogens is 1. The third-order valence-electron chi connectivity index (χ3n) is 3.20. The molecule has 0 unspecified atom stereocenters. The van der Waals surface area contributed by atoms with Gasteiger partial charge in [-0.3, -0.25) is 4.90 Å². The van der Waals surface area contributed by atoms with Gasteiger partial charge in [0.1, 0.15) is 5.15 Å². The Bertz CT molecular complexity index is 326. The van der Waals surface area contributed by atoms with Gasteiger partial charge in [-0.2, -0.15) is 0 Å². The minimum atomic E-state index is 0.532. The van der Waals surface area contributed by atoms with Crippen molar-refractivity contribution in [1.29, 1.82) is 0 Å². The molecule has 1 aliphatic heterocycles. The number of piperidine rings is 1. The van der Waals surface area contributed by atoms with Gasteiger partial charge in [0.25, 0.3) is 0 Å². The van der Waals surface area contributed by atoms with Crippen LogP contribution in [0.5, 0.6) is 0 Å². The number of nitrogens with zero attached hydrogens (tertiary/aromatic N) is 2. The number of likely N-dealkylation sites (tertiary alicyclic amines) is 1. The van der Waals surface area contributed by atoms with Gasteiger partial charge in [0.2, 0.25) is 0 Å². The number of rotatable bonds is 3. The molecule has 0 aromatic carbocycles. The zero-order chi connectivity index (χ0) is 11.4. The molecular formula is C12H18ClN3. The molecule has 1 fully saturated rings. The van der Waals surface area contributed by atoms with Gasteiger partial charge in [-0.15, -0.1) is 0 Å². The summed E-state index contributed by atoms with van der Waals surface area (Å²) in [4.78, 5) is 6.56. The van der Waals surface area contributed by atoms with Crippen LogP contribution in [0.15, 0.2) is 18.3 Å². The van der Waals surface area contributed by atoms with Crippen molar-refractivity contribution in [3.63, 3.8) is 0 Å². The van der Waals surface area contributed by atoms with Crippen LogP contribution in [0.4, 0.5) is 0 Å². The Morgan fingerprint density at radius 1 is 1.44 bits per heavy atom. The lowest BCUT2D eigenvalue weighted by atomic mass is 10.0. The number of hydrogen-bond acceptors (Lipinski definition) is 3. The van der Waals surface area contributed by atoms with Crippen LogP contribution >= 0.6 is 11.6 Å². The number of aromatic nitrogens is 1. The summed E-state index contributed by atoms with van der Waals surface area (Å²) in [7, 11) is 0. The first-order valence-electron chi connectivity index (χ1n) is 5.84. The Labute approximate surface area is 102 Å². The van der Waals surface area contributed by atoms with E-state index in [-0.39, 0.29) is 0 Å². The Morgan fingerprint density at radius 2 is 2.31 bits per heavy atom. The fraction of sp³-hybridized carbons (Fsp3) is 0.583. The lowest BCUT2D eigenvalue weighted by Gasteiger charge is -2.34. The first-order chi connectivity index (χ1) is 7.79. The lowest BCUT2D eigenvalue weighted by Crippen LogP contribution is -2.43. The van der Waals surface area contributed by atoms with Crippen molar-refractivity contribution in [3.05, 3.63) is 29.0 Å². The summed E-state index contributed by atoms with van der Waals surface area (Å²) in [6, 6.07) is 4.42. The van der Waals surface area contributed by atoms with Gasteiger partial charge < -0.3 is 5.73 Å². The van der Waals surface area contributed by atoms with Gasteiger partial charge in [0, 0.05) is 25.3 Å². The Morgan fingerprint density at radius 3 is 3.00 bits per heavy atom. The molecule has 0 aliphatic carbocycles. The lowest BCUT2D eigenvalue weighted by molar-refractivity contribution is 0.145. The topological polar surface area (TPSA) is 42.1 Å². The van der Waals surface area contributed by atoms with E-state index in [1.54, 1.807) is 0 Å². The van der Waals surface area contributed by atoms with Gasteiger partial charge in [-0.05, 0) is 31.0 Å². The summed E-state index contributed by atoms with van der Waals surface area (Å²) in [5, 5.41) is 0.553. The van der Waals surface area contributed by atoms with E-state index < -0.39 is 0 Å². The minimum absolute atomic E-state index is 0.532. The van der Waals surface area contributed by atoms with Crippen LogP contribution in [0.2, 0.25) is 5.15 Å². The van der Waals surface area contributed by atoms with Gasteiger partial charge in [-0.25, -0.2) is 4.98 Å². The monoisotopic (exact) mass is 239 g/mol. The first kappa shape index (κ1) is 11.8. The number of pyridine rings is 1. The molecule has 0 bridgehead atoms. The summed E-state index contributed by atoms with van der Waals surface area (Å²) in [6.07, 6.45) is 5.65. The third kappa shape index (κ3) is 2.94. The summed E-state index contributed by atoms with van der Waals surface area (Å²) in [5.41, 5.74) is 7.01. The van der Waals surface area contributed by atoms with Crippen molar-refractivity contribution in [2.45, 2.75) is 31.8 Å². The summed E-state index contributed by atoms with van der Waals surface area (Å²) >= 11 is 5.77. The molecule has 1 aromatic heterocycles. The van der Waals surface area contributed by atoms with Crippen LogP contribution in [0.25, 0.3) is 0 Å². The third-order valence-corrected chi connectivity index (χ3v) is 3.42. The molecular weight excluding hydrogens is 222 g/mol. The Kier molecular flexibility index (Phi) is 4.16. The molecule has 2 rings (SSSR count). The highest BCUT2D eigenvalue weighted by Gasteiger charge is 2.20. The fourth-order valence-corrected chi connectivity index (χ4v) is 2.38. The molecule has 1 aromatic rings. The van der Waals surface area contributed by atoms with E-state index in [2.05, 4.69) is 9.88 Å². The highest BCUT2D eigenvalue weighted by molar-refractivity contribution is 6.29. The summed E-state index contributed by atoms with van der Waals surface area (Å²) in [6.45, 7) is 2.83. The maximum atomic E-state index is 5.79. The first-order valence-corrected chi connectivity index (χ1v) is 6.22. The molecule has 1 atom stereocenters. The summed E-state index contributed by atoms with van der Waals surface area (Å²) < 4.78 is 0. The van der Waals surface area contributed by atoms with E-state index in [0.29, 0.717) is 11.2 Å². The predicted molar refractivity (Wildman–Crippen MR) is 66.4 cm³/mol. The normalized spacial score (nSPS) is 22.2. The van der Waals surface area contributed by atoms with E-state index in [1.807, 2.05) is 18.3 Å². The molecule has 0 spiro atoms. The summed E-state index contributed by atoms with van der Waals surface area (Å²) in [5.74, 6) is 0. The quantitative estimate of drug-likeness (QED) is 0.821. The molecule has 2 heterocycles. The largest absolute Gasteiger partial charge is 0.329 e. The smallest absolute Gasteiger partial charge is 0.129 e. The van der Waals surface area contributed by atoms with Crippen molar-refractivity contribution < 1.29 is 0 Å². The molecule has 3 nitrogen and oxygen atoms in total. The van der Waals surface area contributed by atoms with Crippen molar-refractivity contribution in [2.24, 2.45) is 5.73 Å². The van der Waals surface area contributed by atoms with Gasteiger partial charge in [0.05, 0.1) is 0 Å². The van der Waals surface area contributed by atoms with Crippen LogP contribution < -0.4 is 5.73 Å².